The molecule has 0 atom stereocenters. The molecule has 0 spiro atoms. The highest BCUT2D eigenvalue weighted by Gasteiger charge is 2.17. The molecular formula is C23H28N2O3. The zero-order valence-corrected chi connectivity index (χ0v) is 16.4. The van der Waals surface area contributed by atoms with Gasteiger partial charge in [0.1, 0.15) is 5.75 Å². The lowest BCUT2D eigenvalue weighted by atomic mass is 10.1. The van der Waals surface area contributed by atoms with Gasteiger partial charge in [-0.3, -0.25) is 9.59 Å². The average molecular weight is 380 g/mol. The molecule has 1 aliphatic heterocycles. The van der Waals surface area contributed by atoms with Crippen molar-refractivity contribution in [2.45, 2.75) is 39.0 Å². The highest BCUT2D eigenvalue weighted by atomic mass is 16.5. The number of anilines is 1. The van der Waals surface area contributed by atoms with Gasteiger partial charge in [0.15, 0.2) is 0 Å². The van der Waals surface area contributed by atoms with E-state index in [0.29, 0.717) is 23.4 Å². The molecule has 0 unspecified atom stereocenters. The minimum Gasteiger partial charge on any atom is -0.494 e. The lowest BCUT2D eigenvalue weighted by Crippen LogP contribution is -2.31. The molecular weight excluding hydrogens is 352 g/mol. The van der Waals surface area contributed by atoms with Crippen LogP contribution in [0.5, 0.6) is 5.75 Å². The Bertz CT molecular complexity index is 776. The van der Waals surface area contributed by atoms with Crippen LogP contribution in [0, 0.1) is 0 Å². The zero-order chi connectivity index (χ0) is 19.8. The fourth-order valence-electron chi connectivity index (χ4n) is 3.28. The van der Waals surface area contributed by atoms with Crippen molar-refractivity contribution in [2.24, 2.45) is 0 Å². The highest BCUT2D eigenvalue weighted by Crippen LogP contribution is 2.17. The summed E-state index contributed by atoms with van der Waals surface area (Å²) in [5.41, 5.74) is 1.90. The van der Waals surface area contributed by atoms with E-state index in [2.05, 4.69) is 12.2 Å². The number of carbonyl (C=O) groups is 2. The van der Waals surface area contributed by atoms with Crippen molar-refractivity contribution in [3.63, 3.8) is 0 Å². The van der Waals surface area contributed by atoms with E-state index in [9.17, 15) is 9.59 Å². The molecule has 28 heavy (non-hydrogen) atoms. The van der Waals surface area contributed by atoms with Gasteiger partial charge in [0.05, 0.1) is 6.61 Å². The Kier molecular flexibility index (Phi) is 7.06. The lowest BCUT2D eigenvalue weighted by molar-refractivity contribution is 0.0761. The van der Waals surface area contributed by atoms with Crippen molar-refractivity contribution >= 4 is 17.5 Å². The smallest absolute Gasteiger partial charge is 0.255 e. The highest BCUT2D eigenvalue weighted by molar-refractivity contribution is 6.04. The van der Waals surface area contributed by atoms with Gasteiger partial charge in [-0.1, -0.05) is 19.8 Å². The molecule has 0 bridgehead atoms. The zero-order valence-electron chi connectivity index (χ0n) is 16.4. The first-order chi connectivity index (χ1) is 13.7. The monoisotopic (exact) mass is 380 g/mol. The Morgan fingerprint density at radius 1 is 0.893 bits per heavy atom. The van der Waals surface area contributed by atoms with E-state index in [4.69, 9.17) is 4.74 Å². The number of nitrogens with one attached hydrogen (secondary N) is 1. The maximum Gasteiger partial charge on any atom is 0.255 e. The SMILES string of the molecule is CCCOc1ccc(C(=O)Nc2ccc(C(=O)N3CCCCCC3)cc2)cc1. The standard InChI is InChI=1S/C23H28N2O3/c1-2-17-28-21-13-9-18(10-14-21)22(26)24-20-11-7-19(8-12-20)23(27)25-15-5-3-4-6-16-25/h7-14H,2-6,15-17H2,1H3,(H,24,26). The van der Waals surface area contributed by atoms with Crippen molar-refractivity contribution in [1.29, 1.82) is 0 Å². The minimum atomic E-state index is -0.186. The second-order valence-electron chi connectivity index (χ2n) is 7.11. The van der Waals surface area contributed by atoms with Gasteiger partial charge in [-0.2, -0.15) is 0 Å². The number of nitrogens with zero attached hydrogens (tertiary/aromatic N) is 1. The number of benzene rings is 2. The third kappa shape index (κ3) is 5.35. The predicted octanol–water partition coefficient (Wildman–Crippen LogP) is 4.74. The second kappa shape index (κ2) is 9.93. The Morgan fingerprint density at radius 3 is 2.11 bits per heavy atom. The van der Waals surface area contributed by atoms with Gasteiger partial charge in [0.25, 0.3) is 11.8 Å². The third-order valence-electron chi connectivity index (χ3n) is 4.87. The van der Waals surface area contributed by atoms with E-state index in [1.807, 2.05) is 4.90 Å². The van der Waals surface area contributed by atoms with Gasteiger partial charge in [0, 0.05) is 29.9 Å². The van der Waals surface area contributed by atoms with Crippen molar-refractivity contribution in [3.8, 4) is 5.75 Å². The van der Waals surface area contributed by atoms with Crippen LogP contribution in [0.4, 0.5) is 5.69 Å². The van der Waals surface area contributed by atoms with Crippen LogP contribution in [0.2, 0.25) is 0 Å². The van der Waals surface area contributed by atoms with Crippen molar-refractivity contribution in [2.75, 3.05) is 25.0 Å². The number of carbonyl (C=O) groups excluding carboxylic acids is 2. The van der Waals surface area contributed by atoms with Crippen LogP contribution in [0.1, 0.15) is 59.7 Å². The summed E-state index contributed by atoms with van der Waals surface area (Å²) < 4.78 is 5.53. The summed E-state index contributed by atoms with van der Waals surface area (Å²) >= 11 is 0. The Hall–Kier alpha value is -2.82. The first-order valence-electron chi connectivity index (χ1n) is 10.1. The van der Waals surface area contributed by atoms with Crippen LogP contribution < -0.4 is 10.1 Å². The van der Waals surface area contributed by atoms with Gasteiger partial charge >= 0.3 is 0 Å². The molecule has 0 aromatic heterocycles. The Morgan fingerprint density at radius 2 is 1.50 bits per heavy atom. The third-order valence-corrected chi connectivity index (χ3v) is 4.87. The van der Waals surface area contributed by atoms with Crippen LogP contribution in [0.3, 0.4) is 0 Å². The first-order valence-corrected chi connectivity index (χ1v) is 10.1. The number of ether oxygens (including phenoxy) is 1. The number of hydrogen-bond acceptors (Lipinski definition) is 3. The molecule has 1 aliphatic rings. The van der Waals surface area contributed by atoms with Crippen LogP contribution in [-0.2, 0) is 0 Å². The summed E-state index contributed by atoms with van der Waals surface area (Å²) in [5, 5.41) is 2.87. The maximum absolute atomic E-state index is 12.6. The molecule has 1 saturated heterocycles. The van der Waals surface area contributed by atoms with Crippen LogP contribution in [0.25, 0.3) is 0 Å². The number of amides is 2. The average Bonchev–Trinajstić information content (AvgIpc) is 3.02. The van der Waals surface area contributed by atoms with Gasteiger partial charge in [-0.15, -0.1) is 0 Å². The molecule has 5 heteroatoms. The summed E-state index contributed by atoms with van der Waals surface area (Å²) in [5.74, 6) is 0.644. The molecule has 2 aromatic carbocycles. The topological polar surface area (TPSA) is 58.6 Å². The van der Waals surface area contributed by atoms with Gasteiger partial charge < -0.3 is 15.0 Å². The Balaban J connectivity index is 1.58. The maximum atomic E-state index is 12.6. The first kappa shape index (κ1) is 19.9. The molecule has 2 amide bonds. The van der Waals surface area contributed by atoms with Crippen molar-refractivity contribution in [3.05, 3.63) is 59.7 Å². The molecule has 2 aromatic rings. The van der Waals surface area contributed by atoms with E-state index < -0.39 is 0 Å². The second-order valence-corrected chi connectivity index (χ2v) is 7.11. The number of rotatable bonds is 6. The molecule has 1 fully saturated rings. The summed E-state index contributed by atoms with van der Waals surface area (Å²) in [6, 6.07) is 14.2. The Labute approximate surface area is 166 Å². The van der Waals surface area contributed by atoms with E-state index in [1.54, 1.807) is 48.5 Å². The van der Waals surface area contributed by atoms with Crippen molar-refractivity contribution < 1.29 is 14.3 Å². The molecule has 0 saturated carbocycles. The van der Waals surface area contributed by atoms with Gasteiger partial charge in [-0.25, -0.2) is 0 Å². The largest absolute Gasteiger partial charge is 0.494 e. The molecule has 0 aliphatic carbocycles. The fraction of sp³-hybridized carbons (Fsp3) is 0.391. The minimum absolute atomic E-state index is 0.0717. The van der Waals surface area contributed by atoms with Crippen LogP contribution >= 0.6 is 0 Å². The summed E-state index contributed by atoms with van der Waals surface area (Å²) in [4.78, 5) is 27.0. The molecule has 5 nitrogen and oxygen atoms in total. The van der Waals surface area contributed by atoms with E-state index in [-0.39, 0.29) is 11.8 Å². The summed E-state index contributed by atoms with van der Waals surface area (Å²) in [6.45, 7) is 4.37. The predicted molar refractivity (Wildman–Crippen MR) is 111 cm³/mol. The number of likely N-dealkylation sites (tertiary alicyclic amines) is 1. The van der Waals surface area contributed by atoms with Crippen LogP contribution in [-0.4, -0.2) is 36.4 Å². The molecule has 1 heterocycles. The quantitative estimate of drug-likeness (QED) is 0.787. The summed E-state index contributed by atoms with van der Waals surface area (Å²) in [6.07, 6.45) is 5.48. The van der Waals surface area contributed by atoms with E-state index in [1.165, 1.54) is 12.8 Å². The van der Waals surface area contributed by atoms with Gasteiger partial charge in [0.2, 0.25) is 0 Å². The molecule has 1 N–H and O–H groups in total. The molecule has 3 rings (SSSR count). The van der Waals surface area contributed by atoms with Gasteiger partial charge in [-0.05, 0) is 67.8 Å². The number of hydrogen-bond donors (Lipinski definition) is 1. The summed E-state index contributed by atoms with van der Waals surface area (Å²) in [7, 11) is 0. The molecule has 0 radical (unpaired) electrons. The normalized spacial score (nSPS) is 14.2. The van der Waals surface area contributed by atoms with E-state index >= 15 is 0 Å². The van der Waals surface area contributed by atoms with E-state index in [0.717, 1.165) is 38.1 Å². The van der Waals surface area contributed by atoms with Crippen molar-refractivity contribution in [1.82, 2.24) is 4.90 Å². The molecule has 148 valence electrons. The van der Waals surface area contributed by atoms with Crippen LogP contribution in [0.15, 0.2) is 48.5 Å². The fourth-order valence-corrected chi connectivity index (χ4v) is 3.28. The lowest BCUT2D eigenvalue weighted by Gasteiger charge is -2.20.